The normalized spacial score (nSPS) is 16.7. The van der Waals surface area contributed by atoms with Crippen molar-refractivity contribution in [1.82, 2.24) is 9.97 Å². The van der Waals surface area contributed by atoms with Crippen molar-refractivity contribution in [2.24, 2.45) is 0 Å². The fraction of sp³-hybridized carbons (Fsp3) is 0.375. The Morgan fingerprint density at radius 2 is 2.31 bits per heavy atom. The molecule has 1 aromatic rings. The molecule has 0 bridgehead atoms. The summed E-state index contributed by atoms with van der Waals surface area (Å²) in [6.45, 7) is 0.716. The lowest BCUT2D eigenvalue weighted by Gasteiger charge is -2.13. The quantitative estimate of drug-likeness (QED) is 0.681. The summed E-state index contributed by atoms with van der Waals surface area (Å²) in [5.41, 5.74) is 0. The Hall–Kier alpha value is -1.16. The van der Waals surface area contributed by atoms with Gasteiger partial charge in [0.05, 0.1) is 12.4 Å². The van der Waals surface area contributed by atoms with Gasteiger partial charge in [-0.2, -0.15) is 0 Å². The molecule has 0 aliphatic carbocycles. The van der Waals surface area contributed by atoms with Crippen LogP contribution in [0.1, 0.15) is 12.8 Å². The second kappa shape index (κ2) is 3.30. The molecule has 0 saturated carbocycles. The molecule has 13 heavy (non-hydrogen) atoms. The standard InChI is InChI=1S/C8H8ClN3O/c9-6-4-10-5-7(11-6)12-3-1-2-8(12)13/h4-5H,1-3H2. The molecule has 2 rings (SSSR count). The first kappa shape index (κ1) is 8.44. The summed E-state index contributed by atoms with van der Waals surface area (Å²) in [4.78, 5) is 20.8. The number of nitrogens with zero attached hydrogens (tertiary/aromatic N) is 3. The highest BCUT2D eigenvalue weighted by molar-refractivity contribution is 6.29. The van der Waals surface area contributed by atoms with E-state index in [9.17, 15) is 4.79 Å². The largest absolute Gasteiger partial charge is 0.295 e. The molecule has 68 valence electrons. The van der Waals surface area contributed by atoms with Crippen LogP contribution in [0.15, 0.2) is 12.4 Å². The maximum Gasteiger partial charge on any atom is 0.228 e. The maximum absolute atomic E-state index is 11.3. The highest BCUT2D eigenvalue weighted by Gasteiger charge is 2.22. The highest BCUT2D eigenvalue weighted by atomic mass is 35.5. The molecule has 0 unspecified atom stereocenters. The first-order valence-electron chi connectivity index (χ1n) is 4.05. The number of anilines is 1. The molecule has 1 fully saturated rings. The summed E-state index contributed by atoms with van der Waals surface area (Å²) in [7, 11) is 0. The predicted molar refractivity (Wildman–Crippen MR) is 48.6 cm³/mol. The highest BCUT2D eigenvalue weighted by Crippen LogP contribution is 2.19. The Morgan fingerprint density at radius 1 is 1.46 bits per heavy atom. The molecular weight excluding hydrogens is 190 g/mol. The van der Waals surface area contributed by atoms with Gasteiger partial charge in [0.15, 0.2) is 5.82 Å². The average molecular weight is 198 g/mol. The molecule has 1 aliphatic heterocycles. The lowest BCUT2D eigenvalue weighted by molar-refractivity contribution is -0.117. The average Bonchev–Trinajstić information content (AvgIpc) is 2.51. The van der Waals surface area contributed by atoms with Crippen molar-refractivity contribution >= 4 is 23.3 Å². The van der Waals surface area contributed by atoms with Crippen molar-refractivity contribution in [3.8, 4) is 0 Å². The van der Waals surface area contributed by atoms with Gasteiger partial charge in [0.1, 0.15) is 5.15 Å². The summed E-state index contributed by atoms with van der Waals surface area (Å²) in [5, 5.41) is 0.317. The van der Waals surface area contributed by atoms with E-state index in [0.717, 1.165) is 6.42 Å². The Morgan fingerprint density at radius 3 is 2.92 bits per heavy atom. The smallest absolute Gasteiger partial charge is 0.228 e. The van der Waals surface area contributed by atoms with Gasteiger partial charge in [-0.3, -0.25) is 14.7 Å². The number of carbonyl (C=O) groups excluding carboxylic acids is 1. The molecule has 0 N–H and O–H groups in total. The number of halogens is 1. The van der Waals surface area contributed by atoms with E-state index in [0.29, 0.717) is 23.9 Å². The molecule has 1 saturated heterocycles. The van der Waals surface area contributed by atoms with Crippen molar-refractivity contribution in [2.75, 3.05) is 11.4 Å². The zero-order valence-electron chi connectivity index (χ0n) is 6.90. The van der Waals surface area contributed by atoms with Gasteiger partial charge in [-0.15, -0.1) is 0 Å². The van der Waals surface area contributed by atoms with Gasteiger partial charge in [-0.05, 0) is 6.42 Å². The number of hydrogen-bond donors (Lipinski definition) is 0. The Bertz CT molecular complexity index is 342. The van der Waals surface area contributed by atoms with Crippen molar-refractivity contribution in [2.45, 2.75) is 12.8 Å². The van der Waals surface area contributed by atoms with Gasteiger partial charge >= 0.3 is 0 Å². The zero-order chi connectivity index (χ0) is 9.26. The van der Waals surface area contributed by atoms with E-state index >= 15 is 0 Å². The van der Waals surface area contributed by atoms with Crippen LogP contribution in [0.25, 0.3) is 0 Å². The van der Waals surface area contributed by atoms with Crippen molar-refractivity contribution in [3.63, 3.8) is 0 Å². The second-order valence-corrected chi connectivity index (χ2v) is 3.24. The zero-order valence-corrected chi connectivity index (χ0v) is 7.66. The van der Waals surface area contributed by atoms with Gasteiger partial charge in [0.25, 0.3) is 0 Å². The lowest BCUT2D eigenvalue weighted by Crippen LogP contribution is -2.24. The minimum atomic E-state index is 0.0940. The Kier molecular flexibility index (Phi) is 2.14. The van der Waals surface area contributed by atoms with Crippen LogP contribution in [0.5, 0.6) is 0 Å². The van der Waals surface area contributed by atoms with E-state index in [4.69, 9.17) is 11.6 Å². The lowest BCUT2D eigenvalue weighted by atomic mass is 10.4. The second-order valence-electron chi connectivity index (χ2n) is 2.85. The predicted octanol–water partition coefficient (Wildman–Crippen LogP) is 1.26. The number of carbonyl (C=O) groups is 1. The van der Waals surface area contributed by atoms with Gasteiger partial charge < -0.3 is 0 Å². The fourth-order valence-corrected chi connectivity index (χ4v) is 1.50. The molecule has 1 amide bonds. The Labute approximate surface area is 80.5 Å². The molecule has 0 atom stereocenters. The van der Waals surface area contributed by atoms with E-state index < -0.39 is 0 Å². The molecule has 0 radical (unpaired) electrons. The first-order valence-corrected chi connectivity index (χ1v) is 4.43. The van der Waals surface area contributed by atoms with Crippen LogP contribution in [-0.2, 0) is 4.79 Å². The monoisotopic (exact) mass is 197 g/mol. The van der Waals surface area contributed by atoms with Crippen LogP contribution >= 0.6 is 11.6 Å². The van der Waals surface area contributed by atoms with E-state index in [1.165, 1.54) is 6.20 Å². The van der Waals surface area contributed by atoms with E-state index in [1.54, 1.807) is 11.1 Å². The SMILES string of the molecule is O=C1CCCN1c1cncc(Cl)n1. The molecule has 5 heteroatoms. The van der Waals surface area contributed by atoms with E-state index in [1.807, 2.05) is 0 Å². The van der Waals surface area contributed by atoms with Crippen LogP contribution in [0.4, 0.5) is 5.82 Å². The van der Waals surface area contributed by atoms with Crippen molar-refractivity contribution in [1.29, 1.82) is 0 Å². The van der Waals surface area contributed by atoms with Crippen LogP contribution < -0.4 is 4.90 Å². The minimum absolute atomic E-state index is 0.0940. The third kappa shape index (κ3) is 1.62. The van der Waals surface area contributed by atoms with Crippen LogP contribution in [-0.4, -0.2) is 22.4 Å². The summed E-state index contributed by atoms with van der Waals surface area (Å²) in [6, 6.07) is 0. The molecular formula is C8H8ClN3O. The maximum atomic E-state index is 11.3. The topological polar surface area (TPSA) is 46.1 Å². The third-order valence-electron chi connectivity index (χ3n) is 1.94. The van der Waals surface area contributed by atoms with E-state index in [-0.39, 0.29) is 5.91 Å². The number of hydrogen-bond acceptors (Lipinski definition) is 3. The van der Waals surface area contributed by atoms with Crippen LogP contribution in [0.3, 0.4) is 0 Å². The molecule has 0 spiro atoms. The Balaban J connectivity index is 2.29. The van der Waals surface area contributed by atoms with E-state index in [2.05, 4.69) is 9.97 Å². The third-order valence-corrected chi connectivity index (χ3v) is 2.12. The van der Waals surface area contributed by atoms with Gasteiger partial charge in [-0.1, -0.05) is 11.6 Å². The molecule has 4 nitrogen and oxygen atoms in total. The van der Waals surface area contributed by atoms with Crippen molar-refractivity contribution < 1.29 is 4.79 Å². The number of amides is 1. The molecule has 1 aliphatic rings. The van der Waals surface area contributed by atoms with Crippen molar-refractivity contribution in [3.05, 3.63) is 17.5 Å². The number of rotatable bonds is 1. The summed E-state index contributed by atoms with van der Waals surface area (Å²) in [6.07, 6.45) is 4.47. The molecule has 1 aromatic heterocycles. The van der Waals surface area contributed by atoms with Gasteiger partial charge in [0.2, 0.25) is 5.91 Å². The summed E-state index contributed by atoms with van der Waals surface area (Å²) in [5.74, 6) is 0.645. The first-order chi connectivity index (χ1) is 6.27. The van der Waals surface area contributed by atoms with Gasteiger partial charge in [-0.25, -0.2) is 4.98 Å². The number of aromatic nitrogens is 2. The summed E-state index contributed by atoms with van der Waals surface area (Å²) < 4.78 is 0. The molecule has 2 heterocycles. The fourth-order valence-electron chi connectivity index (χ4n) is 1.35. The summed E-state index contributed by atoms with van der Waals surface area (Å²) >= 11 is 5.66. The molecule has 0 aromatic carbocycles. The van der Waals surface area contributed by atoms with Crippen LogP contribution in [0, 0.1) is 0 Å². The van der Waals surface area contributed by atoms with Crippen LogP contribution in [0.2, 0.25) is 5.15 Å². The van der Waals surface area contributed by atoms with Gasteiger partial charge in [0, 0.05) is 13.0 Å². The minimum Gasteiger partial charge on any atom is -0.295 e.